The molecule has 0 radical (unpaired) electrons. The molecule has 1 N–H and O–H groups in total. The van der Waals surface area contributed by atoms with Crippen LogP contribution in [0.15, 0.2) is 36.5 Å². The van der Waals surface area contributed by atoms with Crippen LogP contribution in [0.2, 0.25) is 0 Å². The number of amides is 1. The fourth-order valence-corrected chi connectivity index (χ4v) is 3.22. The molecule has 26 heavy (non-hydrogen) atoms. The molecule has 6 nitrogen and oxygen atoms in total. The SMILES string of the molecule is CCCOc1cn(-c2ccccc2)nc1C(=O)N1CCCC1CNC.Cl. The summed E-state index contributed by atoms with van der Waals surface area (Å²) in [4.78, 5) is 15.0. The minimum atomic E-state index is -0.0430. The Morgan fingerprint density at radius 3 is 2.81 bits per heavy atom. The highest BCUT2D eigenvalue weighted by atomic mass is 35.5. The molecule has 0 saturated carbocycles. The van der Waals surface area contributed by atoms with Crippen LogP contribution in [0.25, 0.3) is 5.69 Å². The molecule has 0 aliphatic carbocycles. The van der Waals surface area contributed by atoms with Crippen molar-refractivity contribution in [2.45, 2.75) is 32.2 Å². The van der Waals surface area contributed by atoms with Gasteiger partial charge < -0.3 is 15.0 Å². The average Bonchev–Trinajstić information content (AvgIpc) is 3.27. The summed E-state index contributed by atoms with van der Waals surface area (Å²) in [6, 6.07) is 10.0. The molecule has 142 valence electrons. The monoisotopic (exact) mass is 378 g/mol. The van der Waals surface area contributed by atoms with Gasteiger partial charge in [0.2, 0.25) is 0 Å². The number of rotatable bonds is 7. The zero-order valence-corrected chi connectivity index (χ0v) is 16.2. The molecule has 7 heteroatoms. The number of hydrogen-bond acceptors (Lipinski definition) is 4. The maximum absolute atomic E-state index is 13.1. The van der Waals surface area contributed by atoms with Gasteiger partial charge in [0.25, 0.3) is 5.91 Å². The second kappa shape index (κ2) is 9.59. The number of likely N-dealkylation sites (tertiary alicyclic amines) is 1. The lowest BCUT2D eigenvalue weighted by atomic mass is 10.2. The van der Waals surface area contributed by atoms with Crippen LogP contribution in [0.1, 0.15) is 36.7 Å². The Bertz CT molecular complexity index is 705. The summed E-state index contributed by atoms with van der Waals surface area (Å²) in [5, 5.41) is 7.73. The van der Waals surface area contributed by atoms with Gasteiger partial charge in [0.1, 0.15) is 0 Å². The number of aromatic nitrogens is 2. The van der Waals surface area contributed by atoms with E-state index >= 15 is 0 Å². The number of nitrogens with one attached hydrogen (secondary N) is 1. The summed E-state index contributed by atoms with van der Waals surface area (Å²) in [5.74, 6) is 0.518. The van der Waals surface area contributed by atoms with Gasteiger partial charge in [-0.15, -0.1) is 12.4 Å². The van der Waals surface area contributed by atoms with Gasteiger partial charge in [-0.2, -0.15) is 5.10 Å². The first kappa shape index (κ1) is 20.3. The van der Waals surface area contributed by atoms with Gasteiger partial charge in [-0.1, -0.05) is 25.1 Å². The number of ether oxygens (including phenoxy) is 1. The van der Waals surface area contributed by atoms with E-state index < -0.39 is 0 Å². The Labute approximate surface area is 160 Å². The third kappa shape index (κ3) is 4.37. The van der Waals surface area contributed by atoms with E-state index in [9.17, 15) is 4.79 Å². The van der Waals surface area contributed by atoms with Crippen LogP contribution in [0, 0.1) is 0 Å². The fraction of sp³-hybridized carbons (Fsp3) is 0.474. The summed E-state index contributed by atoms with van der Waals surface area (Å²) < 4.78 is 7.54. The Morgan fingerprint density at radius 1 is 1.35 bits per heavy atom. The summed E-state index contributed by atoms with van der Waals surface area (Å²) in [5.41, 5.74) is 1.32. The Balaban J connectivity index is 0.00000243. The van der Waals surface area contributed by atoms with Crippen molar-refractivity contribution in [3.05, 3.63) is 42.2 Å². The first-order chi connectivity index (χ1) is 12.2. The van der Waals surface area contributed by atoms with Gasteiger partial charge >= 0.3 is 0 Å². The van der Waals surface area contributed by atoms with E-state index in [4.69, 9.17) is 4.74 Å². The number of halogens is 1. The Morgan fingerprint density at radius 2 is 2.12 bits per heavy atom. The predicted molar refractivity (Wildman–Crippen MR) is 105 cm³/mol. The van der Waals surface area contributed by atoms with E-state index in [1.54, 1.807) is 10.9 Å². The number of carbonyl (C=O) groups excluding carboxylic acids is 1. The molecular weight excluding hydrogens is 352 g/mol. The van der Waals surface area contributed by atoms with Crippen LogP contribution < -0.4 is 10.1 Å². The van der Waals surface area contributed by atoms with Crippen molar-refractivity contribution in [3.8, 4) is 11.4 Å². The Hall–Kier alpha value is -2.05. The molecule has 0 bridgehead atoms. The molecule has 2 heterocycles. The summed E-state index contributed by atoms with van der Waals surface area (Å²) in [7, 11) is 1.92. The zero-order valence-electron chi connectivity index (χ0n) is 15.4. The number of benzene rings is 1. The highest BCUT2D eigenvalue weighted by molar-refractivity contribution is 5.95. The highest BCUT2D eigenvalue weighted by Crippen LogP contribution is 2.25. The molecule has 1 unspecified atom stereocenters. The van der Waals surface area contributed by atoms with E-state index in [2.05, 4.69) is 10.4 Å². The van der Waals surface area contributed by atoms with Crippen molar-refractivity contribution < 1.29 is 9.53 Å². The van der Waals surface area contributed by atoms with Gasteiger partial charge in [-0.05, 0) is 38.4 Å². The minimum absolute atomic E-state index is 0. The van der Waals surface area contributed by atoms with Crippen LogP contribution in [0.3, 0.4) is 0 Å². The molecule has 1 aromatic carbocycles. The largest absolute Gasteiger partial charge is 0.489 e. The van der Waals surface area contributed by atoms with Crippen LogP contribution in [-0.4, -0.2) is 53.4 Å². The first-order valence-corrected chi connectivity index (χ1v) is 8.98. The molecule has 2 aromatic rings. The van der Waals surface area contributed by atoms with Gasteiger partial charge in [0.15, 0.2) is 11.4 Å². The average molecular weight is 379 g/mol. The molecule has 1 aromatic heterocycles. The molecule has 1 saturated heterocycles. The predicted octanol–water partition coefficient (Wildman–Crippen LogP) is 2.91. The highest BCUT2D eigenvalue weighted by Gasteiger charge is 2.32. The quantitative estimate of drug-likeness (QED) is 0.804. The maximum Gasteiger partial charge on any atom is 0.278 e. The van der Waals surface area contributed by atoms with Gasteiger partial charge in [-0.25, -0.2) is 4.68 Å². The molecule has 3 rings (SSSR count). The van der Waals surface area contributed by atoms with Crippen molar-refractivity contribution in [1.29, 1.82) is 0 Å². The van der Waals surface area contributed by atoms with Gasteiger partial charge in [0, 0.05) is 19.1 Å². The number of hydrogen-bond donors (Lipinski definition) is 1. The van der Waals surface area contributed by atoms with Gasteiger partial charge in [-0.3, -0.25) is 4.79 Å². The minimum Gasteiger partial charge on any atom is -0.489 e. The summed E-state index contributed by atoms with van der Waals surface area (Å²) in [6.45, 7) is 4.19. The zero-order chi connectivity index (χ0) is 17.6. The van der Waals surface area contributed by atoms with Crippen molar-refractivity contribution in [2.75, 3.05) is 26.7 Å². The van der Waals surface area contributed by atoms with Crippen molar-refractivity contribution in [1.82, 2.24) is 20.0 Å². The lowest BCUT2D eigenvalue weighted by Crippen LogP contribution is -2.41. The summed E-state index contributed by atoms with van der Waals surface area (Å²) in [6.07, 6.45) is 4.75. The van der Waals surface area contributed by atoms with E-state index in [0.29, 0.717) is 18.1 Å². The molecule has 1 aliphatic rings. The van der Waals surface area contributed by atoms with Crippen LogP contribution in [0.5, 0.6) is 5.75 Å². The number of para-hydroxylation sites is 1. The topological polar surface area (TPSA) is 59.4 Å². The lowest BCUT2D eigenvalue weighted by molar-refractivity contribution is 0.0726. The number of likely N-dealkylation sites (N-methyl/N-ethyl adjacent to an activating group) is 1. The third-order valence-corrected chi connectivity index (χ3v) is 4.44. The van der Waals surface area contributed by atoms with Gasteiger partial charge in [0.05, 0.1) is 18.5 Å². The lowest BCUT2D eigenvalue weighted by Gasteiger charge is -2.24. The fourth-order valence-electron chi connectivity index (χ4n) is 3.22. The molecular formula is C19H27ClN4O2. The van der Waals surface area contributed by atoms with Crippen LogP contribution in [0.4, 0.5) is 0 Å². The van der Waals surface area contributed by atoms with Crippen LogP contribution >= 0.6 is 12.4 Å². The van der Waals surface area contributed by atoms with E-state index in [-0.39, 0.29) is 24.4 Å². The maximum atomic E-state index is 13.1. The van der Waals surface area contributed by atoms with Crippen LogP contribution in [-0.2, 0) is 0 Å². The van der Waals surface area contributed by atoms with E-state index in [1.807, 2.05) is 49.2 Å². The molecule has 1 aliphatic heterocycles. The molecule has 1 atom stereocenters. The third-order valence-electron chi connectivity index (χ3n) is 4.44. The van der Waals surface area contributed by atoms with E-state index in [1.165, 1.54) is 0 Å². The number of nitrogens with zero attached hydrogens (tertiary/aromatic N) is 3. The molecule has 1 fully saturated rings. The normalized spacial score (nSPS) is 16.4. The molecule has 1 amide bonds. The van der Waals surface area contributed by atoms with Crippen molar-refractivity contribution >= 4 is 18.3 Å². The Kier molecular flexibility index (Phi) is 7.48. The van der Waals surface area contributed by atoms with E-state index in [0.717, 1.165) is 38.0 Å². The first-order valence-electron chi connectivity index (χ1n) is 8.98. The standard InChI is InChI=1S/C19H26N4O2.ClH/c1-3-12-25-17-14-23(15-8-5-4-6-9-15)21-18(17)19(24)22-11-7-10-16(22)13-20-2;/h4-6,8-9,14,16,20H,3,7,10-13H2,1-2H3;1H. The number of carbonyl (C=O) groups is 1. The van der Waals surface area contributed by atoms with Crippen molar-refractivity contribution in [3.63, 3.8) is 0 Å². The second-order valence-electron chi connectivity index (χ2n) is 6.32. The molecule has 0 spiro atoms. The smallest absolute Gasteiger partial charge is 0.278 e. The summed E-state index contributed by atoms with van der Waals surface area (Å²) >= 11 is 0. The van der Waals surface area contributed by atoms with Crippen molar-refractivity contribution in [2.24, 2.45) is 0 Å². The second-order valence-corrected chi connectivity index (χ2v) is 6.32.